The monoisotopic (exact) mass is 379 g/mol. The zero-order chi connectivity index (χ0) is 18.3. The molecule has 0 spiro atoms. The molecule has 0 aliphatic rings. The highest BCUT2D eigenvalue weighted by molar-refractivity contribution is 7.90. The molecule has 0 fully saturated rings. The Hall–Kier alpha value is -2.05. The van der Waals surface area contributed by atoms with Crippen molar-refractivity contribution in [2.45, 2.75) is 24.9 Å². The number of aliphatic imine (C=N–C) groups is 1. The molecule has 2 aromatic carbocycles. The fourth-order valence-corrected chi connectivity index (χ4v) is 2.90. The van der Waals surface area contributed by atoms with E-state index in [2.05, 4.69) is 15.6 Å². The van der Waals surface area contributed by atoms with Crippen molar-refractivity contribution in [3.8, 4) is 0 Å². The molecule has 0 bridgehead atoms. The highest BCUT2D eigenvalue weighted by Gasteiger charge is 2.06. The summed E-state index contributed by atoms with van der Waals surface area (Å²) in [7, 11) is -3.17. The van der Waals surface area contributed by atoms with Crippen LogP contribution in [0.1, 0.15) is 18.1 Å². The number of halogens is 1. The van der Waals surface area contributed by atoms with Gasteiger partial charge in [0.2, 0.25) is 0 Å². The maximum Gasteiger partial charge on any atom is 0.191 e. The minimum Gasteiger partial charge on any atom is -0.357 e. The molecule has 0 aliphatic carbocycles. The molecule has 2 rings (SSSR count). The Bertz CT molecular complexity index is 816. The second-order valence-corrected chi connectivity index (χ2v) is 8.04. The Morgan fingerprint density at radius 3 is 2.16 bits per heavy atom. The molecule has 0 aliphatic heterocycles. The molecule has 0 radical (unpaired) electrons. The third-order valence-corrected chi connectivity index (χ3v) is 4.87. The van der Waals surface area contributed by atoms with Gasteiger partial charge in [0.15, 0.2) is 15.8 Å². The molecule has 0 saturated carbocycles. The SMILES string of the molecule is CCNC(=NCc1ccc(Cl)cc1)NCc1ccc(S(C)(=O)=O)cc1. The first-order valence-electron chi connectivity index (χ1n) is 7.94. The molecule has 5 nitrogen and oxygen atoms in total. The van der Waals surface area contributed by atoms with E-state index in [4.69, 9.17) is 11.6 Å². The zero-order valence-electron chi connectivity index (χ0n) is 14.3. The third-order valence-electron chi connectivity index (χ3n) is 3.49. The van der Waals surface area contributed by atoms with Crippen LogP contribution in [0.5, 0.6) is 0 Å². The minimum atomic E-state index is -3.17. The first kappa shape index (κ1) is 19.3. The molecule has 2 N–H and O–H groups in total. The van der Waals surface area contributed by atoms with E-state index in [-0.39, 0.29) is 0 Å². The Morgan fingerprint density at radius 1 is 1.00 bits per heavy atom. The van der Waals surface area contributed by atoms with Crippen LogP contribution in [0.25, 0.3) is 0 Å². The smallest absolute Gasteiger partial charge is 0.191 e. The number of nitrogens with zero attached hydrogens (tertiary/aromatic N) is 1. The first-order chi connectivity index (χ1) is 11.9. The van der Waals surface area contributed by atoms with E-state index in [1.807, 2.05) is 31.2 Å². The molecular formula is C18H22ClN3O2S. The largest absolute Gasteiger partial charge is 0.357 e. The molecule has 134 valence electrons. The van der Waals surface area contributed by atoms with Gasteiger partial charge in [0.25, 0.3) is 0 Å². The van der Waals surface area contributed by atoms with Crippen LogP contribution in [0.2, 0.25) is 5.02 Å². The summed E-state index contributed by atoms with van der Waals surface area (Å²) in [5.41, 5.74) is 2.05. The van der Waals surface area contributed by atoms with Crippen LogP contribution in [0.3, 0.4) is 0 Å². The highest BCUT2D eigenvalue weighted by Crippen LogP contribution is 2.11. The van der Waals surface area contributed by atoms with Crippen molar-refractivity contribution in [3.63, 3.8) is 0 Å². The third kappa shape index (κ3) is 6.40. The first-order valence-corrected chi connectivity index (χ1v) is 10.2. The molecule has 0 saturated heterocycles. The van der Waals surface area contributed by atoms with Gasteiger partial charge in [-0.1, -0.05) is 35.9 Å². The van der Waals surface area contributed by atoms with Crippen LogP contribution in [-0.2, 0) is 22.9 Å². The summed E-state index contributed by atoms with van der Waals surface area (Å²) in [4.78, 5) is 4.86. The Morgan fingerprint density at radius 2 is 1.60 bits per heavy atom. The minimum absolute atomic E-state index is 0.319. The van der Waals surface area contributed by atoms with Crippen molar-refractivity contribution in [2.24, 2.45) is 4.99 Å². The average molecular weight is 380 g/mol. The van der Waals surface area contributed by atoms with Gasteiger partial charge in [-0.3, -0.25) is 0 Å². The molecule has 0 atom stereocenters. The summed E-state index contributed by atoms with van der Waals surface area (Å²) in [6, 6.07) is 14.4. The van der Waals surface area contributed by atoms with Crippen LogP contribution < -0.4 is 10.6 Å². The summed E-state index contributed by atoms with van der Waals surface area (Å²) >= 11 is 5.88. The van der Waals surface area contributed by atoms with Crippen molar-refractivity contribution < 1.29 is 8.42 Å². The number of rotatable bonds is 6. The van der Waals surface area contributed by atoms with Crippen molar-refractivity contribution >= 4 is 27.4 Å². The summed E-state index contributed by atoms with van der Waals surface area (Å²) < 4.78 is 23.0. The van der Waals surface area contributed by atoms with E-state index < -0.39 is 9.84 Å². The maximum absolute atomic E-state index is 11.5. The lowest BCUT2D eigenvalue weighted by atomic mass is 10.2. The Balaban J connectivity index is 1.98. The normalized spacial score (nSPS) is 12.0. The Labute approximate surface area is 154 Å². The number of nitrogens with one attached hydrogen (secondary N) is 2. The lowest BCUT2D eigenvalue weighted by molar-refractivity contribution is 0.602. The van der Waals surface area contributed by atoms with Gasteiger partial charge in [-0.25, -0.2) is 13.4 Å². The second-order valence-electron chi connectivity index (χ2n) is 5.59. The summed E-state index contributed by atoms with van der Waals surface area (Å²) in [6.07, 6.45) is 1.20. The van der Waals surface area contributed by atoms with Crippen LogP contribution in [0.4, 0.5) is 0 Å². The van der Waals surface area contributed by atoms with Gasteiger partial charge in [0, 0.05) is 24.4 Å². The van der Waals surface area contributed by atoms with Crippen LogP contribution in [-0.4, -0.2) is 27.2 Å². The molecule has 2 aromatic rings. The molecule has 0 aromatic heterocycles. The van der Waals surface area contributed by atoms with Crippen molar-refractivity contribution in [1.29, 1.82) is 0 Å². The number of hydrogen-bond acceptors (Lipinski definition) is 3. The van der Waals surface area contributed by atoms with Crippen LogP contribution in [0, 0.1) is 0 Å². The maximum atomic E-state index is 11.5. The number of guanidine groups is 1. The van der Waals surface area contributed by atoms with Gasteiger partial charge >= 0.3 is 0 Å². The molecule has 0 heterocycles. The zero-order valence-corrected chi connectivity index (χ0v) is 15.9. The van der Waals surface area contributed by atoms with Crippen molar-refractivity contribution in [3.05, 3.63) is 64.7 Å². The van der Waals surface area contributed by atoms with Crippen LogP contribution >= 0.6 is 11.6 Å². The van der Waals surface area contributed by atoms with E-state index >= 15 is 0 Å². The quantitative estimate of drug-likeness (QED) is 0.598. The van der Waals surface area contributed by atoms with Gasteiger partial charge in [-0.2, -0.15) is 0 Å². The van der Waals surface area contributed by atoms with E-state index in [9.17, 15) is 8.42 Å². The van der Waals surface area contributed by atoms with Crippen molar-refractivity contribution in [1.82, 2.24) is 10.6 Å². The van der Waals surface area contributed by atoms with Crippen molar-refractivity contribution in [2.75, 3.05) is 12.8 Å². The van der Waals surface area contributed by atoms with E-state index in [0.717, 1.165) is 17.7 Å². The fourth-order valence-electron chi connectivity index (χ4n) is 2.14. The lowest BCUT2D eigenvalue weighted by Gasteiger charge is -2.11. The number of benzene rings is 2. The highest BCUT2D eigenvalue weighted by atomic mass is 35.5. The predicted octanol–water partition coefficient (Wildman–Crippen LogP) is 3.00. The van der Waals surface area contributed by atoms with Gasteiger partial charge in [0.05, 0.1) is 11.4 Å². The number of hydrogen-bond donors (Lipinski definition) is 2. The van der Waals surface area contributed by atoms with E-state index in [1.54, 1.807) is 24.3 Å². The van der Waals surface area contributed by atoms with Crippen LogP contribution in [0.15, 0.2) is 58.4 Å². The predicted molar refractivity (Wildman–Crippen MR) is 103 cm³/mol. The Kier molecular flexibility index (Phi) is 6.84. The van der Waals surface area contributed by atoms with E-state index in [1.165, 1.54) is 6.26 Å². The second kappa shape index (κ2) is 8.87. The summed E-state index contributed by atoms with van der Waals surface area (Å²) in [6.45, 7) is 3.84. The fraction of sp³-hybridized carbons (Fsp3) is 0.278. The summed E-state index contributed by atoms with van der Waals surface area (Å²) in [5, 5.41) is 7.13. The number of sulfone groups is 1. The molecular weight excluding hydrogens is 358 g/mol. The molecule has 0 amide bonds. The average Bonchev–Trinajstić information content (AvgIpc) is 2.58. The molecule has 0 unspecified atom stereocenters. The van der Waals surface area contributed by atoms with Gasteiger partial charge in [-0.05, 0) is 42.3 Å². The van der Waals surface area contributed by atoms with E-state index in [0.29, 0.717) is 29.0 Å². The van der Waals surface area contributed by atoms with Gasteiger partial charge in [0.1, 0.15) is 0 Å². The van der Waals surface area contributed by atoms with Gasteiger partial charge < -0.3 is 10.6 Å². The molecule has 25 heavy (non-hydrogen) atoms. The summed E-state index contributed by atoms with van der Waals surface area (Å²) in [5.74, 6) is 0.699. The topological polar surface area (TPSA) is 70.6 Å². The molecule has 7 heteroatoms. The van der Waals surface area contributed by atoms with Gasteiger partial charge in [-0.15, -0.1) is 0 Å². The standard InChI is InChI=1S/C18H22ClN3O2S/c1-3-20-18(21-12-14-4-8-16(19)9-5-14)22-13-15-6-10-17(11-7-15)25(2,23)24/h4-11H,3,12-13H2,1-2H3,(H2,20,21,22). The lowest BCUT2D eigenvalue weighted by Crippen LogP contribution is -2.36.